The Morgan fingerprint density at radius 1 is 1.08 bits per heavy atom. The van der Waals surface area contributed by atoms with E-state index in [0.717, 1.165) is 0 Å². The molecule has 0 atom stereocenters. The van der Waals surface area contributed by atoms with Gasteiger partial charge >= 0.3 is 5.97 Å². The van der Waals surface area contributed by atoms with Crippen molar-refractivity contribution in [3.63, 3.8) is 0 Å². The minimum atomic E-state index is -0.586. The zero-order valence-corrected chi connectivity index (χ0v) is 14.4. The zero-order chi connectivity index (χ0) is 17.5. The SMILES string of the molecule is CCOc1cc(C(=O)OCCOc2ccc(Cl)cc2)cc(Cl)c1O. The lowest BCUT2D eigenvalue weighted by atomic mass is 10.2. The van der Waals surface area contributed by atoms with E-state index in [4.69, 9.17) is 37.4 Å². The van der Waals surface area contributed by atoms with Gasteiger partial charge < -0.3 is 19.3 Å². The average molecular weight is 371 g/mol. The Bertz CT molecular complexity index is 701. The van der Waals surface area contributed by atoms with Crippen LogP contribution in [-0.4, -0.2) is 30.9 Å². The van der Waals surface area contributed by atoms with Gasteiger partial charge in [-0.3, -0.25) is 0 Å². The molecule has 0 radical (unpaired) electrons. The van der Waals surface area contributed by atoms with E-state index in [2.05, 4.69) is 0 Å². The lowest BCUT2D eigenvalue weighted by Gasteiger charge is -2.11. The molecule has 0 saturated heterocycles. The van der Waals surface area contributed by atoms with Crippen molar-refractivity contribution in [1.29, 1.82) is 0 Å². The second-order valence-electron chi connectivity index (χ2n) is 4.68. The molecule has 2 aromatic rings. The number of carbonyl (C=O) groups is 1. The third kappa shape index (κ3) is 4.94. The molecule has 0 amide bonds. The van der Waals surface area contributed by atoms with Crippen molar-refractivity contribution in [2.45, 2.75) is 6.92 Å². The Kier molecular flexibility index (Phi) is 6.58. The van der Waals surface area contributed by atoms with Gasteiger partial charge in [-0.2, -0.15) is 0 Å². The fraction of sp³-hybridized carbons (Fsp3) is 0.235. The minimum Gasteiger partial charge on any atom is -0.503 e. The highest BCUT2D eigenvalue weighted by Crippen LogP contribution is 2.35. The second kappa shape index (κ2) is 8.66. The fourth-order valence-corrected chi connectivity index (χ4v) is 2.20. The summed E-state index contributed by atoms with van der Waals surface area (Å²) in [6.07, 6.45) is 0. The molecular weight excluding hydrogens is 355 g/mol. The van der Waals surface area contributed by atoms with Crippen molar-refractivity contribution in [3.8, 4) is 17.2 Å². The highest BCUT2D eigenvalue weighted by Gasteiger charge is 2.15. The van der Waals surface area contributed by atoms with E-state index in [1.54, 1.807) is 31.2 Å². The second-order valence-corrected chi connectivity index (χ2v) is 5.52. The molecule has 24 heavy (non-hydrogen) atoms. The number of phenolic OH excluding ortho intramolecular Hbond substituents is 1. The highest BCUT2D eigenvalue weighted by atomic mass is 35.5. The first-order valence-corrected chi connectivity index (χ1v) is 7.97. The van der Waals surface area contributed by atoms with Gasteiger partial charge in [0.1, 0.15) is 19.0 Å². The quantitative estimate of drug-likeness (QED) is 0.580. The number of carbonyl (C=O) groups excluding carboxylic acids is 1. The molecule has 0 saturated carbocycles. The summed E-state index contributed by atoms with van der Waals surface area (Å²) in [5.74, 6) is -0.0326. The van der Waals surface area contributed by atoms with Crippen LogP contribution in [0.3, 0.4) is 0 Å². The smallest absolute Gasteiger partial charge is 0.338 e. The van der Waals surface area contributed by atoms with E-state index in [1.165, 1.54) is 12.1 Å². The number of rotatable bonds is 7. The lowest BCUT2D eigenvalue weighted by Crippen LogP contribution is -2.12. The molecule has 128 valence electrons. The molecule has 7 heteroatoms. The summed E-state index contributed by atoms with van der Waals surface area (Å²) in [5, 5.41) is 10.4. The number of hydrogen-bond donors (Lipinski definition) is 1. The standard InChI is InChI=1S/C17H16Cl2O5/c1-2-22-15-10-11(9-14(19)16(15)20)17(21)24-8-7-23-13-5-3-12(18)4-6-13/h3-6,9-10,20H,2,7-8H2,1H3. The van der Waals surface area contributed by atoms with E-state index >= 15 is 0 Å². The Labute approximate surface area is 149 Å². The fourth-order valence-electron chi connectivity index (χ4n) is 1.87. The van der Waals surface area contributed by atoms with Crippen molar-refractivity contribution >= 4 is 29.2 Å². The normalized spacial score (nSPS) is 10.3. The van der Waals surface area contributed by atoms with Crippen LogP contribution < -0.4 is 9.47 Å². The van der Waals surface area contributed by atoms with Crippen LogP contribution in [0.4, 0.5) is 0 Å². The van der Waals surface area contributed by atoms with E-state index in [9.17, 15) is 9.90 Å². The Morgan fingerprint density at radius 2 is 1.79 bits per heavy atom. The first kappa shape index (κ1) is 18.2. The number of phenols is 1. The van der Waals surface area contributed by atoms with Crippen LogP contribution in [0.2, 0.25) is 10.0 Å². The van der Waals surface area contributed by atoms with Gasteiger partial charge in [-0.05, 0) is 43.3 Å². The van der Waals surface area contributed by atoms with Gasteiger partial charge in [0.05, 0.1) is 17.2 Å². The van der Waals surface area contributed by atoms with Gasteiger partial charge in [0, 0.05) is 5.02 Å². The molecule has 0 aliphatic rings. The Morgan fingerprint density at radius 3 is 2.46 bits per heavy atom. The van der Waals surface area contributed by atoms with Crippen molar-refractivity contribution < 1.29 is 24.1 Å². The number of hydrogen-bond acceptors (Lipinski definition) is 5. The van der Waals surface area contributed by atoms with Crippen LogP contribution in [0.15, 0.2) is 36.4 Å². The van der Waals surface area contributed by atoms with Crippen LogP contribution in [0, 0.1) is 0 Å². The van der Waals surface area contributed by atoms with Crippen LogP contribution in [0.25, 0.3) is 0 Å². The number of aromatic hydroxyl groups is 1. The molecule has 0 aromatic heterocycles. The molecular formula is C17H16Cl2O5. The van der Waals surface area contributed by atoms with Gasteiger partial charge in [-0.15, -0.1) is 0 Å². The predicted octanol–water partition coefficient (Wildman–Crippen LogP) is 4.33. The van der Waals surface area contributed by atoms with Crippen LogP contribution in [0.1, 0.15) is 17.3 Å². The first-order chi connectivity index (χ1) is 11.5. The number of ether oxygens (including phenoxy) is 3. The molecule has 0 aliphatic carbocycles. The van der Waals surface area contributed by atoms with Crippen molar-refractivity contribution in [2.24, 2.45) is 0 Å². The molecule has 0 unspecified atom stereocenters. The van der Waals surface area contributed by atoms with Crippen LogP contribution >= 0.6 is 23.2 Å². The maximum atomic E-state index is 12.0. The van der Waals surface area contributed by atoms with Gasteiger partial charge in [0.2, 0.25) is 0 Å². The summed E-state index contributed by atoms with van der Waals surface area (Å²) < 4.78 is 15.8. The lowest BCUT2D eigenvalue weighted by molar-refractivity contribution is 0.0450. The van der Waals surface area contributed by atoms with Gasteiger partial charge in [-0.25, -0.2) is 4.79 Å². The monoisotopic (exact) mass is 370 g/mol. The van der Waals surface area contributed by atoms with Crippen molar-refractivity contribution in [2.75, 3.05) is 19.8 Å². The minimum absolute atomic E-state index is 0.0188. The average Bonchev–Trinajstić information content (AvgIpc) is 2.57. The Hall–Kier alpha value is -2.11. The van der Waals surface area contributed by atoms with E-state index in [1.807, 2.05) is 0 Å². The summed E-state index contributed by atoms with van der Waals surface area (Å²) >= 11 is 11.7. The molecule has 1 N–H and O–H groups in total. The van der Waals surface area contributed by atoms with E-state index in [-0.39, 0.29) is 35.3 Å². The number of halogens is 2. The third-order valence-corrected chi connectivity index (χ3v) is 3.50. The maximum Gasteiger partial charge on any atom is 0.338 e. The first-order valence-electron chi connectivity index (χ1n) is 7.22. The largest absolute Gasteiger partial charge is 0.503 e. The summed E-state index contributed by atoms with van der Waals surface area (Å²) in [7, 11) is 0. The van der Waals surface area contributed by atoms with Crippen LogP contribution in [0.5, 0.6) is 17.2 Å². The maximum absolute atomic E-state index is 12.0. The zero-order valence-electron chi connectivity index (χ0n) is 12.9. The van der Waals surface area contributed by atoms with Gasteiger partial charge in [0.25, 0.3) is 0 Å². The topological polar surface area (TPSA) is 65.0 Å². The molecule has 0 fully saturated rings. The van der Waals surface area contributed by atoms with Gasteiger partial charge in [0.15, 0.2) is 11.5 Å². The predicted molar refractivity (Wildman–Crippen MR) is 91.5 cm³/mol. The summed E-state index contributed by atoms with van der Waals surface area (Å²) in [4.78, 5) is 12.0. The third-order valence-electron chi connectivity index (χ3n) is 2.96. The number of benzene rings is 2. The van der Waals surface area contributed by atoms with Crippen molar-refractivity contribution in [3.05, 3.63) is 52.0 Å². The summed E-state index contributed by atoms with van der Waals surface area (Å²) in [6.45, 7) is 2.34. The molecule has 0 bridgehead atoms. The highest BCUT2D eigenvalue weighted by molar-refractivity contribution is 6.32. The molecule has 5 nitrogen and oxygen atoms in total. The molecule has 2 rings (SSSR count). The van der Waals surface area contributed by atoms with Gasteiger partial charge in [-0.1, -0.05) is 23.2 Å². The Balaban J connectivity index is 1.89. The summed E-state index contributed by atoms with van der Waals surface area (Å²) in [6, 6.07) is 9.55. The van der Waals surface area contributed by atoms with Crippen LogP contribution in [-0.2, 0) is 4.74 Å². The number of esters is 1. The molecule has 0 aliphatic heterocycles. The molecule has 2 aromatic carbocycles. The summed E-state index contributed by atoms with van der Waals surface area (Å²) in [5.41, 5.74) is 0.188. The van der Waals surface area contributed by atoms with E-state index < -0.39 is 5.97 Å². The van der Waals surface area contributed by atoms with E-state index in [0.29, 0.717) is 17.4 Å². The van der Waals surface area contributed by atoms with Crippen molar-refractivity contribution in [1.82, 2.24) is 0 Å². The molecule has 0 heterocycles. The molecule has 0 spiro atoms.